The molecule has 82 valence electrons. The molecule has 1 atom stereocenters. The second kappa shape index (κ2) is 6.31. The SMILES string of the molecule is C=CCC(NCC)c1ccc(Cl)cc1Br. The molecule has 1 aromatic carbocycles. The second-order valence-electron chi connectivity index (χ2n) is 3.30. The lowest BCUT2D eigenvalue weighted by Crippen LogP contribution is -2.20. The number of benzene rings is 1. The lowest BCUT2D eigenvalue weighted by atomic mass is 10.0. The van der Waals surface area contributed by atoms with Crippen LogP contribution in [0.1, 0.15) is 24.9 Å². The Kier molecular flexibility index (Phi) is 5.37. The van der Waals surface area contributed by atoms with Crippen molar-refractivity contribution in [3.63, 3.8) is 0 Å². The Labute approximate surface area is 105 Å². The van der Waals surface area contributed by atoms with Crippen LogP contribution in [0.2, 0.25) is 5.02 Å². The minimum absolute atomic E-state index is 0.305. The van der Waals surface area contributed by atoms with Gasteiger partial charge in [-0.05, 0) is 30.7 Å². The van der Waals surface area contributed by atoms with E-state index in [1.54, 1.807) is 0 Å². The molecule has 0 heterocycles. The van der Waals surface area contributed by atoms with Crippen molar-refractivity contribution in [3.05, 3.63) is 45.9 Å². The topological polar surface area (TPSA) is 12.0 Å². The highest BCUT2D eigenvalue weighted by Gasteiger charge is 2.11. The minimum Gasteiger partial charge on any atom is -0.310 e. The van der Waals surface area contributed by atoms with Crippen molar-refractivity contribution in [1.29, 1.82) is 0 Å². The summed E-state index contributed by atoms with van der Waals surface area (Å²) in [5, 5.41) is 4.17. The highest BCUT2D eigenvalue weighted by atomic mass is 79.9. The Bertz CT molecular complexity index is 338. The largest absolute Gasteiger partial charge is 0.310 e. The molecule has 0 radical (unpaired) electrons. The van der Waals surface area contributed by atoms with Crippen LogP contribution < -0.4 is 5.32 Å². The lowest BCUT2D eigenvalue weighted by Gasteiger charge is -2.18. The molecule has 0 amide bonds. The molecule has 1 N–H and O–H groups in total. The Balaban J connectivity index is 2.94. The summed E-state index contributed by atoms with van der Waals surface area (Å²) in [6.07, 6.45) is 2.84. The van der Waals surface area contributed by atoms with Crippen molar-refractivity contribution in [2.24, 2.45) is 0 Å². The van der Waals surface area contributed by atoms with Crippen molar-refractivity contribution >= 4 is 27.5 Å². The molecule has 0 fully saturated rings. The molecular weight excluding hydrogens is 273 g/mol. The second-order valence-corrected chi connectivity index (χ2v) is 4.59. The van der Waals surface area contributed by atoms with Gasteiger partial charge in [-0.25, -0.2) is 0 Å². The summed E-state index contributed by atoms with van der Waals surface area (Å²) in [7, 11) is 0. The number of hydrogen-bond acceptors (Lipinski definition) is 1. The van der Waals surface area contributed by atoms with Gasteiger partial charge in [-0.1, -0.05) is 46.6 Å². The Morgan fingerprint density at radius 1 is 1.60 bits per heavy atom. The maximum Gasteiger partial charge on any atom is 0.0417 e. The molecule has 0 bridgehead atoms. The van der Waals surface area contributed by atoms with Gasteiger partial charge in [0.2, 0.25) is 0 Å². The molecule has 1 nitrogen and oxygen atoms in total. The van der Waals surface area contributed by atoms with E-state index >= 15 is 0 Å². The van der Waals surface area contributed by atoms with Crippen LogP contribution in [0.3, 0.4) is 0 Å². The molecule has 0 saturated heterocycles. The first-order valence-corrected chi connectivity index (χ1v) is 6.15. The fraction of sp³-hybridized carbons (Fsp3) is 0.333. The van der Waals surface area contributed by atoms with Crippen LogP contribution in [0, 0.1) is 0 Å². The highest BCUT2D eigenvalue weighted by Crippen LogP contribution is 2.28. The first-order chi connectivity index (χ1) is 7.19. The number of nitrogens with one attached hydrogen (secondary N) is 1. The van der Waals surface area contributed by atoms with Gasteiger partial charge in [-0.2, -0.15) is 0 Å². The van der Waals surface area contributed by atoms with Crippen LogP contribution in [0.4, 0.5) is 0 Å². The predicted octanol–water partition coefficient (Wildman–Crippen LogP) is 4.33. The monoisotopic (exact) mass is 287 g/mol. The van der Waals surface area contributed by atoms with E-state index in [4.69, 9.17) is 11.6 Å². The summed E-state index contributed by atoms with van der Waals surface area (Å²) in [5.41, 5.74) is 1.22. The van der Waals surface area contributed by atoms with Crippen LogP contribution in [-0.2, 0) is 0 Å². The van der Waals surface area contributed by atoms with Crippen molar-refractivity contribution in [2.75, 3.05) is 6.54 Å². The molecule has 15 heavy (non-hydrogen) atoms. The van der Waals surface area contributed by atoms with E-state index in [1.165, 1.54) is 5.56 Å². The van der Waals surface area contributed by atoms with Gasteiger partial charge in [-0.15, -0.1) is 6.58 Å². The van der Waals surface area contributed by atoms with E-state index in [-0.39, 0.29) is 0 Å². The Morgan fingerprint density at radius 3 is 2.87 bits per heavy atom. The zero-order valence-electron chi connectivity index (χ0n) is 8.76. The van der Waals surface area contributed by atoms with Crippen LogP contribution >= 0.6 is 27.5 Å². The summed E-state index contributed by atoms with van der Waals surface area (Å²) >= 11 is 9.43. The van der Waals surface area contributed by atoms with Crippen LogP contribution in [-0.4, -0.2) is 6.54 Å². The zero-order valence-corrected chi connectivity index (χ0v) is 11.1. The van der Waals surface area contributed by atoms with Gasteiger partial charge in [0.25, 0.3) is 0 Å². The van der Waals surface area contributed by atoms with E-state index in [0.29, 0.717) is 6.04 Å². The molecule has 0 aromatic heterocycles. The van der Waals surface area contributed by atoms with E-state index in [2.05, 4.69) is 34.7 Å². The summed E-state index contributed by atoms with van der Waals surface area (Å²) in [6.45, 7) is 6.81. The molecular formula is C12H15BrClN. The van der Waals surface area contributed by atoms with Gasteiger partial charge in [0.05, 0.1) is 0 Å². The molecule has 0 aliphatic heterocycles. The quantitative estimate of drug-likeness (QED) is 0.795. The Morgan fingerprint density at radius 2 is 2.33 bits per heavy atom. The van der Waals surface area contributed by atoms with Crippen molar-refractivity contribution < 1.29 is 0 Å². The average molecular weight is 289 g/mol. The highest BCUT2D eigenvalue weighted by molar-refractivity contribution is 9.10. The van der Waals surface area contributed by atoms with Crippen LogP contribution in [0.25, 0.3) is 0 Å². The third kappa shape index (κ3) is 3.63. The molecule has 1 unspecified atom stereocenters. The summed E-state index contributed by atoms with van der Waals surface area (Å²) in [5.74, 6) is 0. The third-order valence-corrected chi connectivity index (χ3v) is 3.11. The fourth-order valence-corrected chi connectivity index (χ4v) is 2.48. The van der Waals surface area contributed by atoms with Gasteiger partial charge in [0.1, 0.15) is 0 Å². The summed E-state index contributed by atoms with van der Waals surface area (Å²) in [4.78, 5) is 0. The fourth-order valence-electron chi connectivity index (χ4n) is 1.52. The van der Waals surface area contributed by atoms with E-state index in [1.807, 2.05) is 24.3 Å². The first-order valence-electron chi connectivity index (χ1n) is 4.98. The standard InChI is InChI=1S/C12H15BrClN/c1-3-5-12(15-4-2)10-7-6-9(14)8-11(10)13/h3,6-8,12,15H,1,4-5H2,2H3. The van der Waals surface area contributed by atoms with Gasteiger partial charge in [-0.3, -0.25) is 0 Å². The van der Waals surface area contributed by atoms with Crippen molar-refractivity contribution in [2.45, 2.75) is 19.4 Å². The normalized spacial score (nSPS) is 12.5. The average Bonchev–Trinajstić information content (AvgIpc) is 2.17. The molecule has 0 spiro atoms. The number of hydrogen-bond donors (Lipinski definition) is 1. The molecule has 0 saturated carbocycles. The van der Waals surface area contributed by atoms with E-state index in [0.717, 1.165) is 22.5 Å². The molecule has 1 aromatic rings. The van der Waals surface area contributed by atoms with Gasteiger partial charge in [0, 0.05) is 15.5 Å². The predicted molar refractivity (Wildman–Crippen MR) is 70.4 cm³/mol. The van der Waals surface area contributed by atoms with Gasteiger partial charge >= 0.3 is 0 Å². The van der Waals surface area contributed by atoms with Gasteiger partial charge < -0.3 is 5.32 Å². The molecule has 0 aliphatic rings. The zero-order chi connectivity index (χ0) is 11.3. The van der Waals surface area contributed by atoms with E-state index in [9.17, 15) is 0 Å². The molecule has 0 aliphatic carbocycles. The Hall–Kier alpha value is -0.310. The number of halogens is 2. The smallest absolute Gasteiger partial charge is 0.0417 e. The maximum atomic E-state index is 5.91. The first kappa shape index (κ1) is 12.8. The van der Waals surface area contributed by atoms with Crippen LogP contribution in [0.15, 0.2) is 35.3 Å². The molecule has 1 rings (SSSR count). The third-order valence-electron chi connectivity index (χ3n) is 2.19. The summed E-state index contributed by atoms with van der Waals surface area (Å²) < 4.78 is 1.04. The van der Waals surface area contributed by atoms with Crippen LogP contribution in [0.5, 0.6) is 0 Å². The molecule has 3 heteroatoms. The number of rotatable bonds is 5. The minimum atomic E-state index is 0.305. The lowest BCUT2D eigenvalue weighted by molar-refractivity contribution is 0.557. The van der Waals surface area contributed by atoms with Crippen molar-refractivity contribution in [1.82, 2.24) is 5.32 Å². The van der Waals surface area contributed by atoms with Gasteiger partial charge in [0.15, 0.2) is 0 Å². The van der Waals surface area contributed by atoms with Crippen molar-refractivity contribution in [3.8, 4) is 0 Å². The summed E-state index contributed by atoms with van der Waals surface area (Å²) in [6, 6.07) is 6.18. The maximum absolute atomic E-state index is 5.91. The van der Waals surface area contributed by atoms with E-state index < -0.39 is 0 Å².